The number of ether oxygens (including phenoxy) is 1. The van der Waals surface area contributed by atoms with E-state index in [0.717, 1.165) is 24.3 Å². The highest BCUT2D eigenvalue weighted by Gasteiger charge is 2.38. The van der Waals surface area contributed by atoms with E-state index in [1.807, 2.05) is 0 Å². The first-order valence-corrected chi connectivity index (χ1v) is 14.4. The molecule has 4 rings (SSSR count). The molecule has 0 fully saturated rings. The van der Waals surface area contributed by atoms with Crippen molar-refractivity contribution in [2.24, 2.45) is 0 Å². The molecule has 3 aromatic carbocycles. The molecule has 13 nitrogen and oxygen atoms in total. The van der Waals surface area contributed by atoms with E-state index in [-0.39, 0.29) is 59.2 Å². The molecule has 43 heavy (non-hydrogen) atoms. The second-order valence-electron chi connectivity index (χ2n) is 9.42. The number of amides is 2. The highest BCUT2D eigenvalue weighted by molar-refractivity contribution is 7.87. The number of hydrogen-bond donors (Lipinski definition) is 2. The number of rotatable bonds is 12. The molecular formula is C29H27N3O10S. The average molecular weight is 610 g/mol. The molecule has 1 unspecified atom stereocenters. The van der Waals surface area contributed by atoms with Crippen LogP contribution in [0.25, 0.3) is 0 Å². The molecule has 1 aliphatic rings. The van der Waals surface area contributed by atoms with Gasteiger partial charge < -0.3 is 19.3 Å². The molecule has 2 amide bonds. The Labute approximate surface area is 246 Å². The summed E-state index contributed by atoms with van der Waals surface area (Å²) < 4.78 is 37.2. The largest absolute Gasteiger partial charge is 0.481 e. The second-order valence-corrected chi connectivity index (χ2v) is 11.0. The number of nitrogens with zero attached hydrogens (tertiary/aromatic N) is 2. The second kappa shape index (κ2) is 13.2. The lowest BCUT2D eigenvalue weighted by molar-refractivity contribution is -0.384. The fourth-order valence-electron chi connectivity index (χ4n) is 4.43. The zero-order valence-corrected chi connectivity index (χ0v) is 23.7. The van der Waals surface area contributed by atoms with Gasteiger partial charge in [-0.15, -0.1) is 0 Å². The molecule has 0 saturated heterocycles. The number of para-hydroxylation sites is 1. The number of hydrogen-bond acceptors (Lipinski definition) is 9. The number of nitrogens with one attached hydrogen (secondary N) is 1. The number of allylic oxidation sites excluding steroid dienone is 1. The number of carboxylic acid groups (broad SMARTS) is 1. The summed E-state index contributed by atoms with van der Waals surface area (Å²) in [6.07, 6.45) is -0.0876. The average Bonchev–Trinajstić information content (AvgIpc) is 2.98. The number of non-ortho nitro benzene ring substituents is 1. The summed E-state index contributed by atoms with van der Waals surface area (Å²) in [5, 5.41) is 22.7. The van der Waals surface area contributed by atoms with Gasteiger partial charge in [-0.25, -0.2) is 9.59 Å². The first kappa shape index (κ1) is 30.7. The van der Waals surface area contributed by atoms with Gasteiger partial charge in [0, 0.05) is 36.4 Å². The molecule has 3 aromatic rings. The van der Waals surface area contributed by atoms with E-state index in [2.05, 4.69) is 5.32 Å². The third-order valence-electron chi connectivity index (χ3n) is 6.57. The summed E-state index contributed by atoms with van der Waals surface area (Å²) >= 11 is 0. The number of esters is 1. The Morgan fingerprint density at radius 3 is 2.33 bits per heavy atom. The van der Waals surface area contributed by atoms with Crippen LogP contribution in [-0.4, -0.2) is 47.9 Å². The van der Waals surface area contributed by atoms with Crippen molar-refractivity contribution in [3.05, 3.63) is 111 Å². The van der Waals surface area contributed by atoms with Crippen LogP contribution in [0.15, 0.2) is 95.0 Å². The molecule has 1 atom stereocenters. The Morgan fingerprint density at radius 2 is 1.67 bits per heavy atom. The summed E-state index contributed by atoms with van der Waals surface area (Å²) in [6, 6.07) is 17.0. The highest BCUT2D eigenvalue weighted by Crippen LogP contribution is 2.37. The van der Waals surface area contributed by atoms with Crippen LogP contribution in [0.2, 0.25) is 0 Å². The van der Waals surface area contributed by atoms with Gasteiger partial charge in [-0.05, 0) is 37.1 Å². The van der Waals surface area contributed by atoms with Crippen LogP contribution < -0.4 is 9.50 Å². The van der Waals surface area contributed by atoms with Gasteiger partial charge in [-0.1, -0.05) is 48.5 Å². The SMILES string of the molecule is CC1=C(C(=O)OCc2ccccc2)C(c2ccccc2OS(=O)(=O)c2ccc([N+](=O)[O-])cc2)NC(=O)N1CCCC(=O)O. The Morgan fingerprint density at radius 1 is 1.02 bits per heavy atom. The van der Waals surface area contributed by atoms with Crippen LogP contribution in [0.5, 0.6) is 5.75 Å². The number of urea groups is 1. The van der Waals surface area contributed by atoms with E-state index in [1.165, 1.54) is 30.0 Å². The minimum absolute atomic E-state index is 0.00117. The molecule has 0 spiro atoms. The Hall–Kier alpha value is -5.24. The van der Waals surface area contributed by atoms with E-state index in [1.54, 1.807) is 36.4 Å². The molecule has 14 heteroatoms. The summed E-state index contributed by atoms with van der Waals surface area (Å²) in [5.74, 6) is -2.03. The molecule has 1 aliphatic heterocycles. The number of aliphatic carboxylic acids is 1. The Balaban J connectivity index is 1.70. The van der Waals surface area contributed by atoms with Crippen molar-refractivity contribution >= 4 is 33.8 Å². The van der Waals surface area contributed by atoms with Gasteiger partial charge >= 0.3 is 28.1 Å². The van der Waals surface area contributed by atoms with E-state index in [4.69, 9.17) is 14.0 Å². The third-order valence-corrected chi connectivity index (χ3v) is 7.82. The molecule has 0 aliphatic carbocycles. The number of carboxylic acids is 1. The summed E-state index contributed by atoms with van der Waals surface area (Å²) in [6.45, 7) is 1.43. The smallest absolute Gasteiger partial charge is 0.339 e. The summed E-state index contributed by atoms with van der Waals surface area (Å²) in [5.41, 5.74) is 0.718. The highest BCUT2D eigenvalue weighted by atomic mass is 32.2. The van der Waals surface area contributed by atoms with Gasteiger partial charge in [0.15, 0.2) is 0 Å². The zero-order valence-electron chi connectivity index (χ0n) is 22.8. The fourth-order valence-corrected chi connectivity index (χ4v) is 5.39. The van der Waals surface area contributed by atoms with Gasteiger partial charge in [0.05, 0.1) is 16.5 Å². The maximum Gasteiger partial charge on any atom is 0.339 e. The lowest BCUT2D eigenvalue weighted by atomic mass is 9.94. The van der Waals surface area contributed by atoms with Crippen molar-refractivity contribution in [2.45, 2.75) is 37.3 Å². The van der Waals surface area contributed by atoms with Crippen molar-refractivity contribution in [1.29, 1.82) is 0 Å². The molecule has 2 N–H and O–H groups in total. The van der Waals surface area contributed by atoms with E-state index in [0.29, 0.717) is 5.56 Å². The number of nitro benzene ring substituents is 1. The molecule has 224 valence electrons. The number of benzene rings is 3. The van der Waals surface area contributed by atoms with Crippen molar-refractivity contribution in [3.63, 3.8) is 0 Å². The van der Waals surface area contributed by atoms with Crippen LogP contribution in [0, 0.1) is 10.1 Å². The van der Waals surface area contributed by atoms with Crippen molar-refractivity contribution in [1.82, 2.24) is 10.2 Å². The predicted molar refractivity (Wildman–Crippen MR) is 151 cm³/mol. The predicted octanol–water partition coefficient (Wildman–Crippen LogP) is 4.31. The molecule has 0 aromatic heterocycles. The minimum Gasteiger partial charge on any atom is -0.481 e. The number of carbonyl (C=O) groups excluding carboxylic acids is 2. The maximum atomic E-state index is 13.5. The van der Waals surface area contributed by atoms with Gasteiger partial charge in [0.25, 0.3) is 5.69 Å². The fraction of sp³-hybridized carbons (Fsp3) is 0.207. The third kappa shape index (κ3) is 7.35. The summed E-state index contributed by atoms with van der Waals surface area (Å²) in [7, 11) is -4.49. The van der Waals surface area contributed by atoms with Crippen molar-refractivity contribution in [2.75, 3.05) is 6.54 Å². The van der Waals surface area contributed by atoms with Crippen molar-refractivity contribution < 1.29 is 41.8 Å². The first-order valence-electron chi connectivity index (χ1n) is 13.0. The van der Waals surface area contributed by atoms with Crippen LogP contribution in [0.4, 0.5) is 10.5 Å². The molecular weight excluding hydrogens is 582 g/mol. The van der Waals surface area contributed by atoms with E-state index < -0.39 is 39.1 Å². The van der Waals surface area contributed by atoms with Gasteiger partial charge in [0.1, 0.15) is 17.3 Å². The van der Waals surface area contributed by atoms with Gasteiger partial charge in [-0.2, -0.15) is 8.42 Å². The van der Waals surface area contributed by atoms with Crippen LogP contribution in [-0.2, 0) is 31.1 Å². The van der Waals surface area contributed by atoms with Gasteiger partial charge in [-0.3, -0.25) is 19.8 Å². The Bertz CT molecular complexity index is 1670. The molecule has 1 heterocycles. The molecule has 0 saturated carbocycles. The van der Waals surface area contributed by atoms with Crippen LogP contribution in [0.3, 0.4) is 0 Å². The Kier molecular flexibility index (Phi) is 9.40. The van der Waals surface area contributed by atoms with E-state index >= 15 is 0 Å². The lowest BCUT2D eigenvalue weighted by Crippen LogP contribution is -2.48. The minimum atomic E-state index is -4.49. The zero-order chi connectivity index (χ0) is 31.1. The van der Waals surface area contributed by atoms with Crippen molar-refractivity contribution in [3.8, 4) is 5.75 Å². The molecule has 0 radical (unpaired) electrons. The van der Waals surface area contributed by atoms with Gasteiger partial charge in [0.2, 0.25) is 0 Å². The maximum absolute atomic E-state index is 13.5. The number of nitro groups is 1. The van der Waals surface area contributed by atoms with E-state index in [9.17, 15) is 32.9 Å². The topological polar surface area (TPSA) is 182 Å². The standard InChI is InChI=1S/C29H27N3O10S/c1-19-26(28(35)41-18-20-8-3-2-4-9-20)27(30-29(36)31(19)17-7-12-25(33)34)23-10-5-6-11-24(23)42-43(39,40)22-15-13-21(14-16-22)32(37)38/h2-6,8-11,13-16,27H,7,12,17-18H2,1H3,(H,30,36)(H,33,34). The number of carbonyl (C=O) groups is 3. The lowest BCUT2D eigenvalue weighted by Gasteiger charge is -2.35. The summed E-state index contributed by atoms with van der Waals surface area (Å²) in [4.78, 5) is 48.9. The monoisotopic (exact) mass is 609 g/mol. The van der Waals surface area contributed by atoms with Crippen LogP contribution >= 0.6 is 0 Å². The quantitative estimate of drug-likeness (QED) is 0.130. The molecule has 0 bridgehead atoms. The normalized spacial score (nSPS) is 15.0. The first-order chi connectivity index (χ1) is 20.5. The van der Waals surface area contributed by atoms with Crippen LogP contribution in [0.1, 0.15) is 36.9 Å².